The van der Waals surface area contributed by atoms with Crippen LogP contribution in [0.5, 0.6) is 0 Å². The fourth-order valence-electron chi connectivity index (χ4n) is 3.42. The van der Waals surface area contributed by atoms with E-state index in [0.29, 0.717) is 6.04 Å². The predicted molar refractivity (Wildman–Crippen MR) is 73.3 cm³/mol. The standard InChI is InChI=1S/C15H25N3/c1-15(11-16,12-6-7-12)10-13-8-9-18(17-13)14-4-2-3-5-14/h8-9,12,14H,2-7,10-11,16H2,1H3. The minimum atomic E-state index is 0.273. The first-order chi connectivity index (χ1) is 8.71. The van der Waals surface area contributed by atoms with Crippen molar-refractivity contribution >= 4 is 0 Å². The summed E-state index contributed by atoms with van der Waals surface area (Å²) < 4.78 is 2.20. The number of aromatic nitrogens is 2. The second kappa shape index (κ2) is 4.69. The van der Waals surface area contributed by atoms with Gasteiger partial charge in [-0.05, 0) is 56.0 Å². The van der Waals surface area contributed by atoms with Gasteiger partial charge in [-0.25, -0.2) is 0 Å². The maximum atomic E-state index is 5.99. The van der Waals surface area contributed by atoms with E-state index in [-0.39, 0.29) is 5.41 Å². The van der Waals surface area contributed by atoms with Crippen molar-refractivity contribution < 1.29 is 0 Å². The summed E-state index contributed by atoms with van der Waals surface area (Å²) in [6.07, 6.45) is 11.3. The van der Waals surface area contributed by atoms with Crippen LogP contribution in [0.4, 0.5) is 0 Å². The molecule has 18 heavy (non-hydrogen) atoms. The third kappa shape index (κ3) is 2.33. The molecule has 2 aliphatic carbocycles. The average Bonchev–Trinajstić information content (AvgIpc) is 2.91. The molecule has 0 saturated heterocycles. The Labute approximate surface area is 110 Å². The van der Waals surface area contributed by atoms with Crippen molar-refractivity contribution in [2.75, 3.05) is 6.54 Å². The minimum Gasteiger partial charge on any atom is -0.330 e. The molecule has 1 heterocycles. The second-order valence-electron chi connectivity index (χ2n) is 6.53. The fourth-order valence-corrected chi connectivity index (χ4v) is 3.42. The lowest BCUT2D eigenvalue weighted by Gasteiger charge is -2.27. The van der Waals surface area contributed by atoms with Gasteiger partial charge in [-0.3, -0.25) is 4.68 Å². The topological polar surface area (TPSA) is 43.8 Å². The molecule has 1 aromatic rings. The molecule has 1 aromatic heterocycles. The maximum absolute atomic E-state index is 5.99. The van der Waals surface area contributed by atoms with Crippen molar-refractivity contribution in [2.24, 2.45) is 17.1 Å². The van der Waals surface area contributed by atoms with Gasteiger partial charge in [-0.15, -0.1) is 0 Å². The van der Waals surface area contributed by atoms with Gasteiger partial charge in [0, 0.05) is 6.20 Å². The molecular weight excluding hydrogens is 222 g/mol. The Morgan fingerprint density at radius 1 is 1.33 bits per heavy atom. The van der Waals surface area contributed by atoms with E-state index >= 15 is 0 Å². The van der Waals surface area contributed by atoms with Crippen LogP contribution in [-0.4, -0.2) is 16.3 Å². The van der Waals surface area contributed by atoms with Gasteiger partial charge in [0.05, 0.1) is 11.7 Å². The zero-order valence-corrected chi connectivity index (χ0v) is 11.4. The first kappa shape index (κ1) is 12.2. The highest BCUT2D eigenvalue weighted by Crippen LogP contribution is 2.46. The van der Waals surface area contributed by atoms with Crippen molar-refractivity contribution in [1.29, 1.82) is 0 Å². The van der Waals surface area contributed by atoms with Crippen molar-refractivity contribution in [3.8, 4) is 0 Å². The van der Waals surface area contributed by atoms with Crippen LogP contribution in [0.25, 0.3) is 0 Å². The highest BCUT2D eigenvalue weighted by atomic mass is 15.3. The average molecular weight is 247 g/mol. The van der Waals surface area contributed by atoms with Gasteiger partial charge in [0.2, 0.25) is 0 Å². The molecule has 3 nitrogen and oxygen atoms in total. The number of nitrogens with two attached hydrogens (primary N) is 1. The van der Waals surface area contributed by atoms with Crippen LogP contribution in [0, 0.1) is 11.3 Å². The van der Waals surface area contributed by atoms with Crippen LogP contribution < -0.4 is 5.73 Å². The van der Waals surface area contributed by atoms with Crippen LogP contribution in [-0.2, 0) is 6.42 Å². The van der Waals surface area contributed by atoms with Crippen LogP contribution in [0.15, 0.2) is 12.3 Å². The normalized spacial score (nSPS) is 24.3. The van der Waals surface area contributed by atoms with Gasteiger partial charge in [-0.2, -0.15) is 5.10 Å². The van der Waals surface area contributed by atoms with E-state index in [2.05, 4.69) is 23.9 Å². The monoisotopic (exact) mass is 247 g/mol. The molecule has 0 amide bonds. The molecule has 2 aliphatic rings. The summed E-state index contributed by atoms with van der Waals surface area (Å²) in [5.41, 5.74) is 7.50. The Bertz CT molecular complexity index is 402. The van der Waals surface area contributed by atoms with Crippen molar-refractivity contribution in [3.63, 3.8) is 0 Å². The van der Waals surface area contributed by atoms with E-state index in [1.165, 1.54) is 44.2 Å². The summed E-state index contributed by atoms with van der Waals surface area (Å²) in [5.74, 6) is 0.833. The molecule has 0 bridgehead atoms. The summed E-state index contributed by atoms with van der Waals surface area (Å²) in [6, 6.07) is 2.86. The van der Waals surface area contributed by atoms with E-state index in [9.17, 15) is 0 Å². The van der Waals surface area contributed by atoms with Crippen molar-refractivity contribution in [2.45, 2.75) is 57.9 Å². The predicted octanol–water partition coefficient (Wildman–Crippen LogP) is 2.92. The van der Waals surface area contributed by atoms with Gasteiger partial charge in [0.15, 0.2) is 0 Å². The molecule has 1 unspecified atom stereocenters. The van der Waals surface area contributed by atoms with Crippen molar-refractivity contribution in [1.82, 2.24) is 9.78 Å². The lowest BCUT2D eigenvalue weighted by atomic mass is 9.80. The molecule has 1 atom stereocenters. The Morgan fingerprint density at radius 2 is 2.06 bits per heavy atom. The van der Waals surface area contributed by atoms with Gasteiger partial charge in [0.25, 0.3) is 0 Å². The van der Waals surface area contributed by atoms with Gasteiger partial charge >= 0.3 is 0 Å². The van der Waals surface area contributed by atoms with Gasteiger partial charge in [0.1, 0.15) is 0 Å². The summed E-state index contributed by atoms with van der Waals surface area (Å²) in [7, 11) is 0. The largest absolute Gasteiger partial charge is 0.330 e. The molecule has 0 radical (unpaired) electrons. The Balaban J connectivity index is 1.69. The lowest BCUT2D eigenvalue weighted by Crippen LogP contribution is -2.32. The SMILES string of the molecule is CC(CN)(Cc1ccn(C2CCCC2)n1)C1CC1. The quantitative estimate of drug-likeness (QED) is 0.869. The molecule has 0 aromatic carbocycles. The molecule has 3 heteroatoms. The van der Waals surface area contributed by atoms with E-state index in [4.69, 9.17) is 10.8 Å². The Morgan fingerprint density at radius 3 is 2.67 bits per heavy atom. The summed E-state index contributed by atoms with van der Waals surface area (Å²) in [5, 5.41) is 4.80. The third-order valence-corrected chi connectivity index (χ3v) is 4.98. The van der Waals surface area contributed by atoms with E-state index in [0.717, 1.165) is 18.9 Å². The Hall–Kier alpha value is -0.830. The molecule has 2 N–H and O–H groups in total. The van der Waals surface area contributed by atoms with Crippen LogP contribution in [0.3, 0.4) is 0 Å². The number of nitrogens with zero attached hydrogens (tertiary/aromatic N) is 2. The smallest absolute Gasteiger partial charge is 0.0630 e. The molecule has 2 saturated carbocycles. The lowest BCUT2D eigenvalue weighted by molar-refractivity contribution is 0.277. The number of hydrogen-bond donors (Lipinski definition) is 1. The van der Waals surface area contributed by atoms with E-state index in [1.54, 1.807) is 0 Å². The molecule has 0 aliphatic heterocycles. The maximum Gasteiger partial charge on any atom is 0.0630 e. The molecule has 2 fully saturated rings. The zero-order valence-electron chi connectivity index (χ0n) is 11.4. The van der Waals surface area contributed by atoms with E-state index < -0.39 is 0 Å². The molecule has 0 spiro atoms. The molecule has 100 valence electrons. The Kier molecular flexibility index (Phi) is 3.18. The zero-order chi connectivity index (χ0) is 12.6. The van der Waals surface area contributed by atoms with Crippen LogP contribution in [0.1, 0.15) is 57.2 Å². The first-order valence-corrected chi connectivity index (χ1v) is 7.45. The van der Waals surface area contributed by atoms with Crippen molar-refractivity contribution in [3.05, 3.63) is 18.0 Å². The van der Waals surface area contributed by atoms with Crippen LogP contribution >= 0.6 is 0 Å². The summed E-state index contributed by atoms with van der Waals surface area (Å²) in [6.45, 7) is 3.12. The summed E-state index contributed by atoms with van der Waals surface area (Å²) in [4.78, 5) is 0. The van der Waals surface area contributed by atoms with Gasteiger partial charge < -0.3 is 5.73 Å². The highest BCUT2D eigenvalue weighted by molar-refractivity contribution is 5.07. The van der Waals surface area contributed by atoms with Crippen LogP contribution in [0.2, 0.25) is 0 Å². The number of rotatable bonds is 5. The first-order valence-electron chi connectivity index (χ1n) is 7.45. The summed E-state index contributed by atoms with van der Waals surface area (Å²) >= 11 is 0. The molecule has 3 rings (SSSR count). The number of hydrogen-bond acceptors (Lipinski definition) is 2. The molecular formula is C15H25N3. The highest BCUT2D eigenvalue weighted by Gasteiger charge is 2.40. The fraction of sp³-hybridized carbons (Fsp3) is 0.800. The third-order valence-electron chi connectivity index (χ3n) is 4.98. The van der Waals surface area contributed by atoms with E-state index in [1.807, 2.05) is 0 Å². The minimum absolute atomic E-state index is 0.273. The second-order valence-corrected chi connectivity index (χ2v) is 6.53. The van der Waals surface area contributed by atoms with Gasteiger partial charge in [-0.1, -0.05) is 19.8 Å².